The van der Waals surface area contributed by atoms with Gasteiger partial charge in [0.25, 0.3) is 0 Å². The maximum absolute atomic E-state index is 13.0. The van der Waals surface area contributed by atoms with Crippen LogP contribution < -0.4 is 0 Å². The molecule has 1 saturated heterocycles. The van der Waals surface area contributed by atoms with Crippen molar-refractivity contribution in [2.24, 2.45) is 5.92 Å². The minimum atomic E-state index is -3.28. The molecule has 1 aliphatic heterocycles. The van der Waals surface area contributed by atoms with Crippen molar-refractivity contribution in [1.82, 2.24) is 0 Å². The van der Waals surface area contributed by atoms with E-state index in [0.29, 0.717) is 0 Å². The number of sulfone groups is 1. The molecule has 2 atom stereocenters. The fourth-order valence-electron chi connectivity index (χ4n) is 1.36. The maximum atomic E-state index is 13.0. The molecular weight excluding hydrogens is 199 g/mol. The molecule has 6 heteroatoms. The number of alkyl halides is 1. The third-order valence-electron chi connectivity index (χ3n) is 2.05. The molecule has 1 aliphatic rings. The summed E-state index contributed by atoms with van der Waals surface area (Å²) in [7, 11) is -2.09. The van der Waals surface area contributed by atoms with Crippen molar-refractivity contribution in [3.63, 3.8) is 0 Å². The topological polar surface area (TPSA) is 60.4 Å². The Labute approximate surface area is 76.0 Å². The van der Waals surface area contributed by atoms with Crippen molar-refractivity contribution in [2.45, 2.75) is 12.6 Å². The van der Waals surface area contributed by atoms with Crippen LogP contribution in [0.3, 0.4) is 0 Å². The highest BCUT2D eigenvalue weighted by Crippen LogP contribution is 2.25. The SMILES string of the molecule is COC(=O)C[C@H]1CS(=O)(=O)C[C@H]1F. The molecule has 0 spiro atoms. The molecule has 0 bridgehead atoms. The van der Waals surface area contributed by atoms with Crippen LogP contribution in [0.25, 0.3) is 0 Å². The first-order valence-electron chi connectivity index (χ1n) is 3.86. The Morgan fingerprint density at radius 2 is 2.15 bits per heavy atom. The molecule has 0 amide bonds. The number of halogens is 1. The minimum Gasteiger partial charge on any atom is -0.469 e. The van der Waals surface area contributed by atoms with Gasteiger partial charge in [0.1, 0.15) is 6.17 Å². The maximum Gasteiger partial charge on any atom is 0.305 e. The van der Waals surface area contributed by atoms with Gasteiger partial charge in [-0.15, -0.1) is 0 Å². The van der Waals surface area contributed by atoms with Gasteiger partial charge >= 0.3 is 5.97 Å². The molecule has 0 N–H and O–H groups in total. The van der Waals surface area contributed by atoms with Crippen LogP contribution in [0.5, 0.6) is 0 Å². The molecule has 0 aromatic carbocycles. The molecule has 0 unspecified atom stereocenters. The standard InChI is InChI=1S/C7H11FO4S/c1-12-7(9)2-5-3-13(10,11)4-6(5)8/h5-6H,2-4H2,1H3/t5-,6+/m0/s1. The minimum absolute atomic E-state index is 0.156. The monoisotopic (exact) mass is 210 g/mol. The summed E-state index contributed by atoms with van der Waals surface area (Å²) in [4.78, 5) is 10.7. The second kappa shape index (κ2) is 3.61. The van der Waals surface area contributed by atoms with Crippen molar-refractivity contribution < 1.29 is 22.3 Å². The predicted molar refractivity (Wildman–Crippen MR) is 43.7 cm³/mol. The number of methoxy groups -OCH3 is 1. The molecular formula is C7H11FO4S. The lowest BCUT2D eigenvalue weighted by molar-refractivity contribution is -0.141. The third kappa shape index (κ3) is 2.65. The van der Waals surface area contributed by atoms with E-state index in [1.54, 1.807) is 0 Å². The van der Waals surface area contributed by atoms with Crippen LogP contribution in [-0.4, -0.2) is 39.2 Å². The molecule has 0 aromatic heterocycles. The van der Waals surface area contributed by atoms with Gasteiger partial charge in [-0.3, -0.25) is 4.79 Å². The molecule has 1 rings (SSSR count). The summed E-state index contributed by atoms with van der Waals surface area (Å²) in [6.07, 6.45) is -1.58. The van der Waals surface area contributed by atoms with Crippen molar-refractivity contribution in [2.75, 3.05) is 18.6 Å². The van der Waals surface area contributed by atoms with Crippen molar-refractivity contribution in [3.8, 4) is 0 Å². The highest BCUT2D eigenvalue weighted by Gasteiger charge is 2.39. The van der Waals surface area contributed by atoms with Gasteiger partial charge in [-0.1, -0.05) is 0 Å². The van der Waals surface area contributed by atoms with Gasteiger partial charge in [0.15, 0.2) is 9.84 Å². The van der Waals surface area contributed by atoms with Gasteiger partial charge in [0.05, 0.1) is 25.0 Å². The number of rotatable bonds is 2. The van der Waals surface area contributed by atoms with Crippen LogP contribution in [0.1, 0.15) is 6.42 Å². The van der Waals surface area contributed by atoms with E-state index in [-0.39, 0.29) is 12.2 Å². The Balaban J connectivity index is 2.59. The summed E-state index contributed by atoms with van der Waals surface area (Å²) in [5, 5.41) is 0. The largest absolute Gasteiger partial charge is 0.469 e. The lowest BCUT2D eigenvalue weighted by Crippen LogP contribution is -2.18. The first-order chi connectivity index (χ1) is 5.94. The number of carbonyl (C=O) groups is 1. The lowest BCUT2D eigenvalue weighted by atomic mass is 10.0. The van der Waals surface area contributed by atoms with E-state index in [4.69, 9.17) is 0 Å². The Kier molecular flexibility index (Phi) is 2.90. The average molecular weight is 210 g/mol. The van der Waals surface area contributed by atoms with Crippen LogP contribution in [-0.2, 0) is 19.4 Å². The van der Waals surface area contributed by atoms with E-state index in [9.17, 15) is 17.6 Å². The van der Waals surface area contributed by atoms with Gasteiger partial charge in [0, 0.05) is 5.92 Å². The predicted octanol–water partition coefficient (Wildman–Crippen LogP) is -0.0678. The van der Waals surface area contributed by atoms with E-state index in [2.05, 4.69) is 4.74 Å². The molecule has 1 heterocycles. The van der Waals surface area contributed by atoms with E-state index in [1.807, 2.05) is 0 Å². The van der Waals surface area contributed by atoms with E-state index < -0.39 is 33.6 Å². The smallest absolute Gasteiger partial charge is 0.305 e. The molecule has 1 fully saturated rings. The molecule has 4 nitrogen and oxygen atoms in total. The van der Waals surface area contributed by atoms with E-state index in [0.717, 1.165) is 0 Å². The van der Waals surface area contributed by atoms with Gasteiger partial charge in [0.2, 0.25) is 0 Å². The summed E-state index contributed by atoms with van der Waals surface area (Å²) < 4.78 is 39.2. The normalized spacial score (nSPS) is 31.5. The van der Waals surface area contributed by atoms with Crippen LogP contribution >= 0.6 is 0 Å². The van der Waals surface area contributed by atoms with Gasteiger partial charge < -0.3 is 4.74 Å². The molecule has 13 heavy (non-hydrogen) atoms. The molecule has 0 saturated carbocycles. The van der Waals surface area contributed by atoms with E-state index in [1.165, 1.54) is 7.11 Å². The third-order valence-corrected chi connectivity index (χ3v) is 3.81. The zero-order chi connectivity index (χ0) is 10.1. The number of hydrogen-bond acceptors (Lipinski definition) is 4. The number of hydrogen-bond donors (Lipinski definition) is 0. The highest BCUT2D eigenvalue weighted by molar-refractivity contribution is 7.91. The average Bonchev–Trinajstić information content (AvgIpc) is 2.24. The highest BCUT2D eigenvalue weighted by atomic mass is 32.2. The van der Waals surface area contributed by atoms with Crippen LogP contribution in [0.2, 0.25) is 0 Å². The summed E-state index contributed by atoms with van der Waals surface area (Å²) in [5.74, 6) is -2.00. The summed E-state index contributed by atoms with van der Waals surface area (Å²) >= 11 is 0. The first kappa shape index (κ1) is 10.4. The summed E-state index contributed by atoms with van der Waals surface area (Å²) in [6, 6.07) is 0. The van der Waals surface area contributed by atoms with Crippen molar-refractivity contribution in [3.05, 3.63) is 0 Å². The lowest BCUT2D eigenvalue weighted by Gasteiger charge is -2.07. The molecule has 0 aromatic rings. The Morgan fingerprint density at radius 3 is 2.54 bits per heavy atom. The molecule has 0 aliphatic carbocycles. The quantitative estimate of drug-likeness (QED) is 0.599. The van der Waals surface area contributed by atoms with E-state index >= 15 is 0 Å². The van der Waals surface area contributed by atoms with Gasteiger partial charge in [-0.05, 0) is 0 Å². The van der Waals surface area contributed by atoms with Gasteiger partial charge in [-0.2, -0.15) is 0 Å². The fourth-order valence-corrected chi connectivity index (χ4v) is 3.23. The zero-order valence-electron chi connectivity index (χ0n) is 7.20. The second-order valence-electron chi connectivity index (χ2n) is 3.13. The first-order valence-corrected chi connectivity index (χ1v) is 5.68. The molecule has 0 radical (unpaired) electrons. The summed E-state index contributed by atoms with van der Waals surface area (Å²) in [6.45, 7) is 0. The fraction of sp³-hybridized carbons (Fsp3) is 0.857. The van der Waals surface area contributed by atoms with Gasteiger partial charge in [-0.25, -0.2) is 12.8 Å². The number of ether oxygens (including phenoxy) is 1. The number of carbonyl (C=O) groups excluding carboxylic acids is 1. The molecule has 76 valence electrons. The van der Waals surface area contributed by atoms with Crippen LogP contribution in [0, 0.1) is 5.92 Å². The van der Waals surface area contributed by atoms with Crippen molar-refractivity contribution in [1.29, 1.82) is 0 Å². The number of esters is 1. The van der Waals surface area contributed by atoms with Crippen LogP contribution in [0.4, 0.5) is 4.39 Å². The summed E-state index contributed by atoms with van der Waals surface area (Å²) in [5.41, 5.74) is 0. The Hall–Kier alpha value is -0.650. The Morgan fingerprint density at radius 1 is 1.54 bits per heavy atom. The second-order valence-corrected chi connectivity index (χ2v) is 5.29. The van der Waals surface area contributed by atoms with Crippen molar-refractivity contribution >= 4 is 15.8 Å². The van der Waals surface area contributed by atoms with Crippen LogP contribution in [0.15, 0.2) is 0 Å². The Bertz CT molecular complexity index is 298. The zero-order valence-corrected chi connectivity index (χ0v) is 8.01.